The third-order valence-corrected chi connectivity index (χ3v) is 11.4. The van der Waals surface area contributed by atoms with Gasteiger partial charge in [0.25, 0.3) is 0 Å². The van der Waals surface area contributed by atoms with E-state index in [1.165, 1.54) is 19.2 Å². The molecule has 0 spiro atoms. The molecule has 0 aliphatic carbocycles. The number of nitrogens with one attached hydrogen (secondary N) is 2. The molecule has 4 atom stereocenters. The fourth-order valence-electron chi connectivity index (χ4n) is 7.22. The summed E-state index contributed by atoms with van der Waals surface area (Å²) >= 11 is 0. The van der Waals surface area contributed by atoms with Gasteiger partial charge in [0.1, 0.15) is 16.8 Å². The predicted octanol–water partition coefficient (Wildman–Crippen LogP) is 3.03. The van der Waals surface area contributed by atoms with Crippen LogP contribution < -0.4 is 10.6 Å². The van der Waals surface area contributed by atoms with Gasteiger partial charge in [-0.1, -0.05) is 12.8 Å². The number of hydrogen-bond donors (Lipinski definition) is 2. The predicted molar refractivity (Wildman–Crippen MR) is 151 cm³/mol. The third kappa shape index (κ3) is 5.70. The molecule has 0 radical (unpaired) electrons. The zero-order chi connectivity index (χ0) is 28.4. The largest absolute Gasteiger partial charge is 0.342 e. The lowest BCUT2D eigenvalue weighted by molar-refractivity contribution is -0.716. The van der Waals surface area contributed by atoms with E-state index >= 15 is 0 Å². The van der Waals surface area contributed by atoms with Gasteiger partial charge in [0, 0.05) is 45.8 Å². The molecule has 0 bridgehead atoms. The normalized spacial score (nSPS) is 28.6. The Balaban J connectivity index is 1.21. The van der Waals surface area contributed by atoms with E-state index in [-0.39, 0.29) is 34.8 Å². The molecule has 0 saturated carbocycles. The highest BCUT2D eigenvalue weighted by molar-refractivity contribution is 7.89. The van der Waals surface area contributed by atoms with Crippen molar-refractivity contribution in [1.29, 1.82) is 0 Å². The summed E-state index contributed by atoms with van der Waals surface area (Å²) in [5, 5.41) is 7.00. The molecule has 4 saturated heterocycles. The summed E-state index contributed by atoms with van der Waals surface area (Å²) in [6.45, 7) is 5.04. The first kappa shape index (κ1) is 28.8. The standard InChI is InChI=1S/C28H42N6O5S/c1-20-26(27(35)31-14-5-3-4-6-15-31)25-19-22(13-18-33(25)34(20)37)21-11-16-32(17-12-21)40(38,39)24-9-7-23(8-10-24)30-28(36)29-2/h7-10,20-22,25-26H,3-6,11-19H2,1-2H3,(H-,29,30,36)/p+1. The fraction of sp³-hybridized carbons (Fsp3) is 0.714. The van der Waals surface area contributed by atoms with Gasteiger partial charge in [0.05, 0.1) is 16.3 Å². The van der Waals surface area contributed by atoms with Crippen molar-refractivity contribution < 1.29 is 22.9 Å². The lowest BCUT2D eigenvalue weighted by Crippen LogP contribution is -2.49. The highest BCUT2D eigenvalue weighted by atomic mass is 32.2. The van der Waals surface area contributed by atoms with Crippen molar-refractivity contribution in [2.45, 2.75) is 75.3 Å². The molecule has 40 heavy (non-hydrogen) atoms. The van der Waals surface area contributed by atoms with Crippen molar-refractivity contribution in [3.05, 3.63) is 29.2 Å². The van der Waals surface area contributed by atoms with Gasteiger partial charge in [-0.25, -0.2) is 13.2 Å². The summed E-state index contributed by atoms with van der Waals surface area (Å²) < 4.78 is 28.2. The zero-order valence-electron chi connectivity index (χ0n) is 23.6. The van der Waals surface area contributed by atoms with Gasteiger partial charge in [-0.2, -0.15) is 4.31 Å². The number of nitrogens with zero attached hydrogens (tertiary/aromatic N) is 4. The Hall–Kier alpha value is -2.73. The summed E-state index contributed by atoms with van der Waals surface area (Å²) in [5.74, 6) is 0.581. The van der Waals surface area contributed by atoms with Crippen LogP contribution in [0, 0.1) is 22.7 Å². The van der Waals surface area contributed by atoms with Crippen LogP contribution in [0.15, 0.2) is 29.2 Å². The highest BCUT2D eigenvalue weighted by Gasteiger charge is 2.59. The van der Waals surface area contributed by atoms with E-state index in [1.807, 2.05) is 16.8 Å². The number of benzene rings is 1. The van der Waals surface area contributed by atoms with Crippen molar-refractivity contribution in [3.63, 3.8) is 0 Å². The Morgan fingerprint density at radius 3 is 2.15 bits per heavy atom. The van der Waals surface area contributed by atoms with Crippen LogP contribution in [0.25, 0.3) is 0 Å². The van der Waals surface area contributed by atoms with Crippen LogP contribution in [0.2, 0.25) is 0 Å². The molecular formula is C28H43N6O5S+. The van der Waals surface area contributed by atoms with Gasteiger partial charge in [0.15, 0.2) is 0 Å². The van der Waals surface area contributed by atoms with Crippen LogP contribution in [0.1, 0.15) is 58.3 Å². The second-order valence-electron chi connectivity index (χ2n) is 11.8. The minimum atomic E-state index is -3.63. The van der Waals surface area contributed by atoms with Crippen molar-refractivity contribution in [1.82, 2.24) is 19.5 Å². The molecule has 220 valence electrons. The minimum Gasteiger partial charge on any atom is -0.342 e. The smallest absolute Gasteiger partial charge is 0.318 e. The van der Waals surface area contributed by atoms with Gasteiger partial charge < -0.3 is 15.5 Å². The first-order chi connectivity index (χ1) is 19.2. The molecule has 3 amide bonds. The highest BCUT2D eigenvalue weighted by Crippen LogP contribution is 2.42. The van der Waals surface area contributed by atoms with E-state index < -0.39 is 10.0 Å². The van der Waals surface area contributed by atoms with Crippen LogP contribution in [0.3, 0.4) is 0 Å². The van der Waals surface area contributed by atoms with E-state index in [0.717, 1.165) is 69.3 Å². The van der Waals surface area contributed by atoms with E-state index in [1.54, 1.807) is 16.4 Å². The summed E-state index contributed by atoms with van der Waals surface area (Å²) in [6, 6.07) is 5.44. The maximum absolute atomic E-state index is 13.7. The van der Waals surface area contributed by atoms with Crippen LogP contribution in [0.4, 0.5) is 10.5 Å². The monoisotopic (exact) mass is 575 g/mol. The lowest BCUT2D eigenvalue weighted by Gasteiger charge is -2.40. The number of carbonyl (C=O) groups is 2. The van der Waals surface area contributed by atoms with Gasteiger partial charge in [-0.05, 0) is 74.6 Å². The molecule has 1 aromatic rings. The molecule has 12 heteroatoms. The number of carbonyl (C=O) groups excluding carboxylic acids is 2. The maximum atomic E-state index is 13.7. The molecule has 4 aliphatic heterocycles. The zero-order valence-corrected chi connectivity index (χ0v) is 24.4. The number of rotatable bonds is 5. The first-order valence-corrected chi connectivity index (χ1v) is 16.3. The maximum Gasteiger partial charge on any atom is 0.318 e. The second-order valence-corrected chi connectivity index (χ2v) is 13.7. The Morgan fingerprint density at radius 1 is 0.900 bits per heavy atom. The van der Waals surface area contributed by atoms with Crippen molar-refractivity contribution in [3.8, 4) is 0 Å². The second kappa shape index (κ2) is 12.0. The van der Waals surface area contributed by atoms with Gasteiger partial charge in [0.2, 0.25) is 22.0 Å². The number of hydrazine groups is 1. The molecule has 4 heterocycles. The Bertz CT molecular complexity index is 1190. The summed E-state index contributed by atoms with van der Waals surface area (Å²) in [7, 11) is -2.12. The Labute approximate surface area is 237 Å². The minimum absolute atomic E-state index is 0.0781. The molecule has 4 aliphatic rings. The van der Waals surface area contributed by atoms with Crippen molar-refractivity contribution in [2.75, 3.05) is 45.1 Å². The van der Waals surface area contributed by atoms with Crippen LogP contribution in [-0.4, -0.2) is 91.3 Å². The average molecular weight is 576 g/mol. The number of anilines is 1. The topological polar surface area (TPSA) is 122 Å². The molecule has 11 nitrogen and oxygen atoms in total. The lowest BCUT2D eigenvalue weighted by atomic mass is 9.74. The number of likely N-dealkylation sites (tertiary alicyclic amines) is 1. The molecule has 4 unspecified atom stereocenters. The molecule has 0 aromatic heterocycles. The fourth-order valence-corrected chi connectivity index (χ4v) is 8.69. The SMILES string of the molecule is CNC(=O)Nc1ccc(S(=O)(=O)N2CCC(C3CCN4C(C3)C(C(=O)N3CCCCCC3)C(C)[N+]4=O)CC2)cc1. The van der Waals surface area contributed by atoms with Gasteiger partial charge in [-0.3, -0.25) is 4.79 Å². The number of nitroso groups, excluding NO2 is 1. The average Bonchev–Trinajstić information content (AvgIpc) is 3.13. The van der Waals surface area contributed by atoms with E-state index in [2.05, 4.69) is 10.6 Å². The van der Waals surface area contributed by atoms with Crippen molar-refractivity contribution >= 4 is 27.6 Å². The van der Waals surface area contributed by atoms with Gasteiger partial charge in [-0.15, -0.1) is 5.01 Å². The third-order valence-electron chi connectivity index (χ3n) is 9.54. The number of hydrogen-bond acceptors (Lipinski definition) is 5. The van der Waals surface area contributed by atoms with E-state index in [9.17, 15) is 22.9 Å². The molecule has 1 aromatic carbocycles. The molecular weight excluding hydrogens is 532 g/mol. The Morgan fingerprint density at radius 2 is 1.52 bits per heavy atom. The van der Waals surface area contributed by atoms with Crippen molar-refractivity contribution in [2.24, 2.45) is 17.8 Å². The molecule has 5 rings (SSSR count). The quantitative estimate of drug-likeness (QED) is 0.521. The van der Waals surface area contributed by atoms with Crippen LogP contribution in [0.5, 0.6) is 0 Å². The summed E-state index contributed by atoms with van der Waals surface area (Å²) in [6.07, 6.45) is 7.62. The number of fused-ring (bicyclic) bond motifs is 1. The van der Waals surface area contributed by atoms with E-state index in [0.29, 0.717) is 37.2 Å². The number of urea groups is 1. The number of sulfonamides is 1. The van der Waals surface area contributed by atoms with Gasteiger partial charge >= 0.3 is 6.03 Å². The number of piperidine rings is 2. The Kier molecular flexibility index (Phi) is 8.65. The number of amides is 3. The van der Waals surface area contributed by atoms with Crippen LogP contribution >= 0.6 is 0 Å². The van der Waals surface area contributed by atoms with Crippen LogP contribution in [-0.2, 0) is 14.8 Å². The first-order valence-electron chi connectivity index (χ1n) is 14.8. The summed E-state index contributed by atoms with van der Waals surface area (Å²) in [4.78, 5) is 41.5. The van der Waals surface area contributed by atoms with E-state index in [4.69, 9.17) is 0 Å². The molecule has 2 N–H and O–H groups in total. The summed E-state index contributed by atoms with van der Waals surface area (Å²) in [5.41, 5.74) is 0.522. The molecule has 4 fully saturated rings.